The minimum Gasteiger partial charge on any atom is -0.376 e. The van der Waals surface area contributed by atoms with Gasteiger partial charge in [-0.15, -0.1) is 23.7 Å². The largest absolute Gasteiger partial charge is 0.376 e. The van der Waals surface area contributed by atoms with Crippen LogP contribution in [-0.4, -0.2) is 29.2 Å². The van der Waals surface area contributed by atoms with Gasteiger partial charge in [0.2, 0.25) is 0 Å². The van der Waals surface area contributed by atoms with Gasteiger partial charge in [-0.05, 0) is 25.3 Å². The van der Waals surface area contributed by atoms with E-state index in [9.17, 15) is 0 Å². The Hall–Kier alpha value is -0.910. The lowest BCUT2D eigenvalue weighted by Crippen LogP contribution is -2.19. The first-order valence-electron chi connectivity index (χ1n) is 6.45. The molecule has 1 N–H and O–H groups in total. The van der Waals surface area contributed by atoms with Crippen LogP contribution < -0.4 is 5.32 Å². The van der Waals surface area contributed by atoms with E-state index in [2.05, 4.69) is 28.3 Å². The van der Waals surface area contributed by atoms with Gasteiger partial charge in [0.25, 0.3) is 0 Å². The molecular weight excluding hydrogens is 282 g/mol. The molecule has 2 aromatic heterocycles. The van der Waals surface area contributed by atoms with Gasteiger partial charge >= 0.3 is 0 Å². The summed E-state index contributed by atoms with van der Waals surface area (Å²) >= 11 is 1.75. The molecule has 0 amide bonds. The van der Waals surface area contributed by atoms with Gasteiger partial charge in [0.05, 0.1) is 11.5 Å². The number of hydrogen-bond donors (Lipinski definition) is 1. The monoisotopic (exact) mass is 299 g/mol. The van der Waals surface area contributed by atoms with Crippen LogP contribution >= 0.6 is 23.7 Å². The summed E-state index contributed by atoms with van der Waals surface area (Å²) in [5.74, 6) is 0.937. The van der Waals surface area contributed by atoms with Crippen molar-refractivity contribution in [1.82, 2.24) is 9.97 Å². The molecule has 0 saturated carbocycles. The maximum absolute atomic E-state index is 5.61. The van der Waals surface area contributed by atoms with E-state index in [-0.39, 0.29) is 12.4 Å². The predicted octanol–water partition coefficient (Wildman–Crippen LogP) is 3.27. The average Bonchev–Trinajstić information content (AvgIpc) is 3.04. The molecule has 2 aromatic rings. The van der Waals surface area contributed by atoms with Crippen molar-refractivity contribution in [2.75, 3.05) is 18.5 Å². The second kappa shape index (κ2) is 6.50. The first kappa shape index (κ1) is 14.5. The minimum absolute atomic E-state index is 0. The van der Waals surface area contributed by atoms with Gasteiger partial charge in [-0.2, -0.15) is 0 Å². The Morgan fingerprint density at radius 3 is 3.11 bits per heavy atom. The highest BCUT2D eigenvalue weighted by Gasteiger charge is 2.16. The smallest absolute Gasteiger partial charge is 0.138 e. The third-order valence-electron chi connectivity index (χ3n) is 3.25. The molecule has 1 aliphatic heterocycles. The first-order chi connectivity index (χ1) is 8.86. The van der Waals surface area contributed by atoms with Gasteiger partial charge < -0.3 is 10.1 Å². The summed E-state index contributed by atoms with van der Waals surface area (Å²) in [4.78, 5) is 11.1. The molecule has 1 atom stereocenters. The van der Waals surface area contributed by atoms with Gasteiger partial charge in [-0.1, -0.05) is 6.92 Å². The summed E-state index contributed by atoms with van der Waals surface area (Å²) in [5.41, 5.74) is 0. The van der Waals surface area contributed by atoms with Crippen LogP contribution in [0.25, 0.3) is 10.2 Å². The van der Waals surface area contributed by atoms with Crippen molar-refractivity contribution >= 4 is 39.8 Å². The van der Waals surface area contributed by atoms with Crippen LogP contribution in [0, 0.1) is 0 Å². The molecule has 0 aromatic carbocycles. The lowest BCUT2D eigenvalue weighted by atomic mass is 10.2. The van der Waals surface area contributed by atoms with E-state index < -0.39 is 0 Å². The molecule has 6 heteroatoms. The summed E-state index contributed by atoms with van der Waals surface area (Å²) in [6, 6.07) is 2.19. The van der Waals surface area contributed by atoms with Crippen LogP contribution in [0.3, 0.4) is 0 Å². The second-order valence-corrected chi connectivity index (χ2v) is 5.64. The number of rotatable bonds is 4. The summed E-state index contributed by atoms with van der Waals surface area (Å²) in [6.45, 7) is 3.89. The van der Waals surface area contributed by atoms with Crippen LogP contribution in [0.2, 0.25) is 0 Å². The van der Waals surface area contributed by atoms with Crippen LogP contribution in [0.5, 0.6) is 0 Å². The molecule has 19 heavy (non-hydrogen) atoms. The number of thiophene rings is 1. The number of aryl methyl sites for hydroxylation is 1. The Kier molecular flexibility index (Phi) is 4.96. The fourth-order valence-corrected chi connectivity index (χ4v) is 3.17. The number of ether oxygens (including phenoxy) is 1. The Bertz CT molecular complexity index is 540. The Morgan fingerprint density at radius 2 is 2.37 bits per heavy atom. The molecule has 1 saturated heterocycles. The molecule has 1 fully saturated rings. The lowest BCUT2D eigenvalue weighted by molar-refractivity contribution is 0.120. The maximum Gasteiger partial charge on any atom is 0.138 e. The third kappa shape index (κ3) is 3.16. The Labute approximate surface area is 123 Å². The molecule has 0 aliphatic carbocycles. The Balaban J connectivity index is 0.00000133. The number of nitrogens with one attached hydrogen (secondary N) is 1. The SMILES string of the molecule is CCc1cc2c(NCC3CCCO3)ncnc2s1.Cl. The fourth-order valence-electron chi connectivity index (χ4n) is 2.24. The van der Waals surface area contributed by atoms with Gasteiger partial charge in [0, 0.05) is 18.0 Å². The third-order valence-corrected chi connectivity index (χ3v) is 4.44. The predicted molar refractivity (Wildman–Crippen MR) is 81.5 cm³/mol. The molecule has 0 bridgehead atoms. The van der Waals surface area contributed by atoms with E-state index >= 15 is 0 Å². The number of fused-ring (bicyclic) bond motifs is 1. The van der Waals surface area contributed by atoms with Crippen LogP contribution in [0.4, 0.5) is 5.82 Å². The van der Waals surface area contributed by atoms with E-state index in [4.69, 9.17) is 4.74 Å². The van der Waals surface area contributed by atoms with Crippen molar-refractivity contribution in [3.05, 3.63) is 17.3 Å². The topological polar surface area (TPSA) is 47.0 Å². The molecule has 0 radical (unpaired) electrons. The molecule has 1 aliphatic rings. The number of anilines is 1. The fraction of sp³-hybridized carbons (Fsp3) is 0.538. The van der Waals surface area contributed by atoms with Gasteiger partial charge in [0.1, 0.15) is 17.0 Å². The molecule has 3 rings (SSSR count). The number of nitrogens with zero attached hydrogens (tertiary/aromatic N) is 2. The summed E-state index contributed by atoms with van der Waals surface area (Å²) < 4.78 is 5.61. The number of halogens is 1. The van der Waals surface area contributed by atoms with Crippen LogP contribution in [0.1, 0.15) is 24.6 Å². The highest BCUT2D eigenvalue weighted by Crippen LogP contribution is 2.28. The molecule has 1 unspecified atom stereocenters. The minimum atomic E-state index is 0. The van der Waals surface area contributed by atoms with E-state index in [1.807, 2.05) is 0 Å². The van der Waals surface area contributed by atoms with Gasteiger partial charge in [-0.25, -0.2) is 9.97 Å². The van der Waals surface area contributed by atoms with Gasteiger partial charge in [-0.3, -0.25) is 0 Å². The quantitative estimate of drug-likeness (QED) is 0.941. The molecule has 4 nitrogen and oxygen atoms in total. The second-order valence-electron chi connectivity index (χ2n) is 4.52. The van der Waals surface area contributed by atoms with E-state index in [1.165, 1.54) is 11.3 Å². The van der Waals surface area contributed by atoms with Crippen LogP contribution in [-0.2, 0) is 11.2 Å². The molecule has 0 spiro atoms. The zero-order valence-corrected chi connectivity index (χ0v) is 12.5. The lowest BCUT2D eigenvalue weighted by Gasteiger charge is -2.11. The first-order valence-corrected chi connectivity index (χ1v) is 7.27. The maximum atomic E-state index is 5.61. The normalized spacial score (nSPS) is 18.5. The van der Waals surface area contributed by atoms with E-state index in [1.54, 1.807) is 17.7 Å². The summed E-state index contributed by atoms with van der Waals surface area (Å²) in [7, 11) is 0. The van der Waals surface area contributed by atoms with E-state index in [0.717, 1.165) is 42.0 Å². The van der Waals surface area contributed by atoms with Crippen molar-refractivity contribution in [2.45, 2.75) is 32.3 Å². The Morgan fingerprint density at radius 1 is 1.47 bits per heavy atom. The standard InChI is InChI=1S/C13H17N3OS.ClH/c1-2-10-6-11-12(15-8-16-13(11)18-10)14-7-9-4-3-5-17-9;/h6,8-9H,2-5,7H2,1H3,(H,14,15,16);1H. The summed E-state index contributed by atoms with van der Waals surface area (Å²) in [6.07, 6.45) is 5.33. The average molecular weight is 300 g/mol. The van der Waals surface area contributed by atoms with Crippen molar-refractivity contribution in [1.29, 1.82) is 0 Å². The molecular formula is C13H18ClN3OS. The highest BCUT2D eigenvalue weighted by molar-refractivity contribution is 7.18. The van der Waals surface area contributed by atoms with Gasteiger partial charge in [0.15, 0.2) is 0 Å². The molecule has 3 heterocycles. The molecule has 104 valence electrons. The highest BCUT2D eigenvalue weighted by atomic mass is 35.5. The van der Waals surface area contributed by atoms with Crippen molar-refractivity contribution in [2.24, 2.45) is 0 Å². The zero-order valence-electron chi connectivity index (χ0n) is 10.9. The van der Waals surface area contributed by atoms with E-state index in [0.29, 0.717) is 6.10 Å². The van der Waals surface area contributed by atoms with Crippen molar-refractivity contribution in [3.63, 3.8) is 0 Å². The van der Waals surface area contributed by atoms with Crippen molar-refractivity contribution in [3.8, 4) is 0 Å². The summed E-state index contributed by atoms with van der Waals surface area (Å²) in [5, 5.41) is 4.53. The zero-order chi connectivity index (χ0) is 12.4. The number of hydrogen-bond acceptors (Lipinski definition) is 5. The number of aromatic nitrogens is 2. The van der Waals surface area contributed by atoms with Crippen LogP contribution in [0.15, 0.2) is 12.4 Å². The van der Waals surface area contributed by atoms with Crippen molar-refractivity contribution < 1.29 is 4.74 Å².